The van der Waals surface area contributed by atoms with Crippen molar-refractivity contribution < 1.29 is 18.0 Å². The van der Waals surface area contributed by atoms with Crippen molar-refractivity contribution in [2.24, 2.45) is 4.99 Å². The highest BCUT2D eigenvalue weighted by Gasteiger charge is 2.58. The van der Waals surface area contributed by atoms with E-state index in [0.717, 1.165) is 29.8 Å². The van der Waals surface area contributed by atoms with Crippen molar-refractivity contribution in [1.82, 2.24) is 0 Å². The highest BCUT2D eigenvalue weighted by Crippen LogP contribution is 2.49. The van der Waals surface area contributed by atoms with Crippen molar-refractivity contribution in [3.8, 4) is 670 Å². The SMILES string of the molecule is C#CC#CC#CC#CC#CC#CC#CC#CC#CC#CC#CC#CC#CC#CC#CC#CC#CC#CC#CC#CC#CC#CC#CC#CC#CC#CC#CC#CC#CC#CC#CC#CC#CC#CC#CC#CC#CC#CC#CC#CC#CC#CC#CC#CC#CC#CC#CC#CC#CC#CC#CC#CC#CC#CC#CC#CC#N.[C-]#[N+]c1ccc(N2C(=S)N(c3ccc(C)cc3)C3(CCC3)C2=NC(C)=O)cc1C(F)(F)F. The fourth-order valence-corrected chi connectivity index (χ4v) is 8.13. The molecule has 0 radical (unpaired) electrons. The number of terminal acetylenes is 1. The second-order valence-electron chi connectivity index (χ2n) is 21.9. The first kappa shape index (κ1) is 112. The Balaban J connectivity index is 0.00000142. The summed E-state index contributed by atoms with van der Waals surface area (Å²) in [5.41, 5.74) is -0.282. The van der Waals surface area contributed by atoms with Crippen molar-refractivity contribution >= 4 is 46.1 Å². The van der Waals surface area contributed by atoms with Crippen LogP contribution in [0.1, 0.15) is 37.3 Å². The van der Waals surface area contributed by atoms with Gasteiger partial charge < -0.3 is 4.90 Å². The predicted octanol–water partition coefficient (Wildman–Crippen LogP) is 6.37. The molecule has 622 valence electrons. The van der Waals surface area contributed by atoms with Gasteiger partial charge in [-0.3, -0.25) is 9.69 Å². The minimum Gasteiger partial charge on any atom is -0.305 e. The first-order valence-electron chi connectivity index (χ1n) is 38.2. The summed E-state index contributed by atoms with van der Waals surface area (Å²) < 4.78 is 40.9. The molecule has 1 spiro atoms. The average Bonchev–Trinajstić information content (AvgIpc) is 1.55. The minimum absolute atomic E-state index is 0.121. The van der Waals surface area contributed by atoms with Gasteiger partial charge in [0.25, 0.3) is 0 Å². The predicted molar refractivity (Wildman–Crippen MR) is 563 cm³/mol. The number of carbonyl (C=O) groups excluding carboxylic acids is 1. The maximum absolute atomic E-state index is 13.6. The lowest BCUT2D eigenvalue weighted by Gasteiger charge is -2.44. The first-order chi connectivity index (χ1) is 72.0. The fraction of sp³-hybridized carbons (Fsp3) is 0.0515. The summed E-state index contributed by atoms with van der Waals surface area (Å²) in [4.78, 5) is 22.6. The Morgan fingerprint density at radius 1 is 0.308 bits per heavy atom. The molecule has 0 aromatic heterocycles. The van der Waals surface area contributed by atoms with Gasteiger partial charge in [-0.2, -0.15) is 23.4 Å². The van der Waals surface area contributed by atoms with Crippen LogP contribution in [0.15, 0.2) is 47.5 Å². The van der Waals surface area contributed by atoms with Crippen LogP contribution >= 0.6 is 12.2 Å². The Kier molecular flexibility index (Phi) is 63.0. The highest BCUT2D eigenvalue weighted by atomic mass is 32.1. The molecule has 0 bridgehead atoms. The number of anilines is 2. The Morgan fingerprint density at radius 3 is 0.623 bits per heavy atom. The van der Waals surface area contributed by atoms with E-state index in [9.17, 15) is 18.0 Å². The fourth-order valence-electron chi connectivity index (χ4n) is 7.65. The zero-order valence-electron chi connectivity index (χ0n) is 74.4. The van der Waals surface area contributed by atoms with Crippen LogP contribution in [0.3, 0.4) is 0 Å². The molecule has 1 amide bonds. The number of rotatable bonds is 2. The maximum Gasteiger partial charge on any atom is 0.407 e. The summed E-state index contributed by atoms with van der Waals surface area (Å²) in [6.45, 7) is 10.3. The monoisotopic (exact) mass is 1830 g/mol. The Labute approximate surface area is 857 Å². The number of nitrogens with zero attached hydrogens (tertiary/aromatic N) is 5. The summed E-state index contributed by atoms with van der Waals surface area (Å²) >= 11 is 5.75. The summed E-state index contributed by atoms with van der Waals surface area (Å²) in [5, 5.41) is 8.47. The van der Waals surface area contributed by atoms with Gasteiger partial charge in [0.15, 0.2) is 16.9 Å². The van der Waals surface area contributed by atoms with Crippen LogP contribution in [0.4, 0.5) is 30.2 Å². The molecule has 2 fully saturated rings. The number of amidine groups is 1. The van der Waals surface area contributed by atoms with E-state index >= 15 is 0 Å². The van der Waals surface area contributed by atoms with Gasteiger partial charge in [0.05, 0.1) is 12.1 Å². The van der Waals surface area contributed by atoms with Crippen LogP contribution in [-0.4, -0.2) is 22.4 Å². The lowest BCUT2D eigenvalue weighted by atomic mass is 9.74. The molecule has 0 unspecified atom stereocenters. The molecule has 1 saturated carbocycles. The van der Waals surface area contributed by atoms with Gasteiger partial charge in [-0.15, -0.1) is 6.42 Å². The van der Waals surface area contributed by atoms with E-state index < -0.39 is 28.9 Å². The molecule has 1 saturated heterocycles. The number of halogens is 3. The van der Waals surface area contributed by atoms with Crippen LogP contribution in [-0.2, 0) is 11.0 Å². The van der Waals surface area contributed by atoms with Crippen molar-refractivity contribution in [3.05, 3.63) is 65.0 Å². The highest BCUT2D eigenvalue weighted by molar-refractivity contribution is 7.81. The molecule has 2 aromatic rings. The number of aryl methyl sites for hydroxylation is 1. The molecular weight excluding hydrogens is 1810 g/mol. The van der Waals surface area contributed by atoms with Gasteiger partial charge in [-0.05, 0) is 110 Å². The molecule has 1 aliphatic heterocycles. The van der Waals surface area contributed by atoms with Gasteiger partial charge in [0, 0.05) is 628 Å². The van der Waals surface area contributed by atoms with E-state index in [0.29, 0.717) is 18.7 Å². The topological polar surface area (TPSA) is 64.1 Å². The lowest BCUT2D eigenvalue weighted by Crippen LogP contribution is -2.55. The number of amides is 1. The number of thiocarbonyl (C=S) groups is 1. The van der Waals surface area contributed by atoms with E-state index in [4.69, 9.17) is 30.5 Å². The van der Waals surface area contributed by atoms with E-state index in [2.05, 4.69) is 667 Å². The standard InChI is InChI=1S/C113HN.C23H19F3N4OS/c1-2-3-4-5-6-7-8-9-10-11-12-13-14-15-16-17-18-19-20-21-22-23-24-25-26-27-28-29-30-31-32-33-34-35-36-37-38-39-40-41-42-43-44-45-46-47-48-49-50-51-52-53-54-55-56-57-58-59-60-61-62-63-64-65-66-67-68-69-70-71-72-73-74-75-76-77-78-79-80-81-82-83-84-85-86-87-88-89-90-91-92-93-94-95-96-97-98-99-100-101-102-103-104-105-106-107-108-109-110-111-112-113-114;1-14-5-7-16(8-6-14)30-21(32)29(20(28-15(2)31)22(30)11-4-12-22)17-9-10-19(27-3)18(13-17)23(24,25)26/h1H;5-10,13H,4,11-12H2,1-2H3. The second kappa shape index (κ2) is 82.3. The molecule has 10 heteroatoms. The van der Waals surface area contributed by atoms with E-state index in [1.54, 1.807) is 6.07 Å². The largest absolute Gasteiger partial charge is 0.407 e. The van der Waals surface area contributed by atoms with Crippen LogP contribution in [0.5, 0.6) is 0 Å². The zero-order valence-corrected chi connectivity index (χ0v) is 75.2. The lowest BCUT2D eigenvalue weighted by molar-refractivity contribution is -0.136. The third kappa shape index (κ3) is 61.1. The summed E-state index contributed by atoms with van der Waals surface area (Å²) in [6.07, 6.45) is 2.45. The Bertz CT molecular complexity index is 9600. The molecule has 6 nitrogen and oxygen atoms in total. The number of carbonyl (C=O) groups is 1. The van der Waals surface area contributed by atoms with Crippen molar-refractivity contribution in [3.63, 3.8) is 0 Å². The number of aliphatic imine (C=N–C) groups is 1. The van der Waals surface area contributed by atoms with Crippen LogP contribution in [0.25, 0.3) is 4.85 Å². The molecule has 2 aliphatic rings. The molecule has 0 atom stereocenters. The van der Waals surface area contributed by atoms with Crippen molar-refractivity contribution in [2.75, 3.05) is 9.80 Å². The van der Waals surface area contributed by atoms with Gasteiger partial charge in [0.1, 0.15) is 11.4 Å². The number of alkyl halides is 3. The Morgan fingerprint density at radius 2 is 0.479 bits per heavy atom. The molecule has 1 heterocycles. The normalized spacial score (nSPS) is 7.19. The second-order valence-corrected chi connectivity index (χ2v) is 22.3. The molecule has 1 aliphatic carbocycles. The van der Waals surface area contributed by atoms with E-state index in [-0.39, 0.29) is 10.8 Å². The van der Waals surface area contributed by atoms with Crippen molar-refractivity contribution in [1.29, 1.82) is 5.26 Å². The van der Waals surface area contributed by atoms with Crippen molar-refractivity contribution in [2.45, 2.75) is 44.8 Å². The quantitative estimate of drug-likeness (QED) is 0.199. The average molecular weight is 1830 g/mol. The number of nitriles is 1. The van der Waals surface area contributed by atoms with Crippen LogP contribution in [0, 0.1) is 688 Å². The van der Waals surface area contributed by atoms with E-state index in [1.807, 2.05) is 36.1 Å². The minimum atomic E-state index is -4.71. The maximum atomic E-state index is 13.6. The molecule has 146 heavy (non-hydrogen) atoms. The molecular formula is C136H20F3N5OS. The van der Waals surface area contributed by atoms with E-state index in [1.165, 1.54) is 17.9 Å². The zero-order chi connectivity index (χ0) is 104. The van der Waals surface area contributed by atoms with Gasteiger partial charge in [0.2, 0.25) is 5.91 Å². The summed E-state index contributed by atoms with van der Waals surface area (Å²) in [5.74, 6) is 275. The third-order valence-electron chi connectivity index (χ3n) is 12.8. The summed E-state index contributed by atoms with van der Waals surface area (Å²) in [7, 11) is 0. The van der Waals surface area contributed by atoms with Gasteiger partial charge in [-0.1, -0.05) is 23.8 Å². The Hall–Kier alpha value is -28.4. The third-order valence-corrected chi connectivity index (χ3v) is 13.1. The molecule has 4 rings (SSSR count). The van der Waals surface area contributed by atoms with Crippen LogP contribution < -0.4 is 9.80 Å². The van der Waals surface area contributed by atoms with Gasteiger partial charge >= 0.3 is 6.18 Å². The van der Waals surface area contributed by atoms with Gasteiger partial charge in [-0.25, -0.2) is 4.85 Å². The molecule has 2 aromatic carbocycles. The number of benzene rings is 2. The smallest absolute Gasteiger partial charge is 0.305 e. The number of hydrogen-bond acceptors (Lipinski definition) is 3. The summed E-state index contributed by atoms with van der Waals surface area (Å²) in [6, 6.07) is 12.7. The number of hydrogen-bond donors (Lipinski definition) is 0. The molecule has 0 N–H and O–H groups in total. The first-order valence-corrected chi connectivity index (χ1v) is 38.6. The van der Waals surface area contributed by atoms with Crippen LogP contribution in [0.2, 0.25) is 0 Å².